The Balaban J connectivity index is 1.52. The lowest BCUT2D eigenvalue weighted by Crippen LogP contribution is -2.63. The van der Waals surface area contributed by atoms with E-state index < -0.39 is 29.1 Å². The number of ether oxygens (including phenoxy) is 1. The van der Waals surface area contributed by atoms with E-state index in [-0.39, 0.29) is 63.5 Å². The number of carbonyl (C=O) groups excluding carboxylic acids is 3. The molecule has 0 aromatic rings. The molecule has 4 fully saturated rings. The van der Waals surface area contributed by atoms with Crippen LogP contribution in [0.2, 0.25) is 0 Å². The van der Waals surface area contributed by atoms with E-state index in [1.54, 1.807) is 11.8 Å². The summed E-state index contributed by atoms with van der Waals surface area (Å²) in [6.07, 6.45) is 7.92. The Morgan fingerprint density at radius 2 is 1.90 bits per heavy atom. The molecular formula is C33H53NO5S. The lowest BCUT2D eigenvalue weighted by atomic mass is 9.44. The second-order valence-corrected chi connectivity index (χ2v) is 15.8. The molecule has 4 aliphatic carbocycles. The molecule has 4 saturated carbocycles. The van der Waals surface area contributed by atoms with Gasteiger partial charge < -0.3 is 15.6 Å². The number of thioether (sulfide) groups is 1. The van der Waals surface area contributed by atoms with Crippen LogP contribution in [0, 0.1) is 45.8 Å². The number of esters is 1. The zero-order valence-corrected chi connectivity index (χ0v) is 26.4. The summed E-state index contributed by atoms with van der Waals surface area (Å²) in [7, 11) is 0. The molecule has 0 aromatic heterocycles. The van der Waals surface area contributed by atoms with Gasteiger partial charge in [-0.15, -0.1) is 18.3 Å². The highest BCUT2D eigenvalue weighted by atomic mass is 32.2. The molecule has 0 saturated heterocycles. The molecule has 40 heavy (non-hydrogen) atoms. The summed E-state index contributed by atoms with van der Waals surface area (Å²) in [5, 5.41) is 11.9. The second-order valence-electron chi connectivity index (χ2n) is 14.5. The van der Waals surface area contributed by atoms with Crippen LogP contribution in [0.3, 0.4) is 0 Å². The van der Waals surface area contributed by atoms with Crippen LogP contribution >= 0.6 is 11.8 Å². The summed E-state index contributed by atoms with van der Waals surface area (Å²) in [5.74, 6) is 0.399. The van der Waals surface area contributed by atoms with Gasteiger partial charge in [-0.25, -0.2) is 0 Å². The third-order valence-electron chi connectivity index (χ3n) is 12.1. The molecule has 0 aromatic carbocycles. The number of aliphatic hydroxyl groups is 1. The third-order valence-corrected chi connectivity index (χ3v) is 13.4. The first kappa shape index (κ1) is 31.7. The Kier molecular flexibility index (Phi) is 9.39. The Bertz CT molecular complexity index is 999. The van der Waals surface area contributed by atoms with Gasteiger partial charge in [0, 0.05) is 34.3 Å². The number of Topliss-reactive ketones (excluding diaryl/α,β-unsaturated/α-hetero) is 2. The monoisotopic (exact) mass is 575 g/mol. The fraction of sp³-hybridized carbons (Fsp3) is 0.848. The van der Waals surface area contributed by atoms with Crippen molar-refractivity contribution in [3.63, 3.8) is 0 Å². The quantitative estimate of drug-likeness (QED) is 0.281. The van der Waals surface area contributed by atoms with Crippen LogP contribution < -0.4 is 5.73 Å². The molecule has 0 amide bonds. The topological polar surface area (TPSA) is 107 Å². The van der Waals surface area contributed by atoms with Crippen LogP contribution in [0.15, 0.2) is 12.7 Å². The number of rotatable bonds is 8. The van der Waals surface area contributed by atoms with Crippen molar-refractivity contribution in [2.45, 2.75) is 123 Å². The van der Waals surface area contributed by atoms with Crippen molar-refractivity contribution in [3.8, 4) is 0 Å². The predicted octanol–water partition coefficient (Wildman–Crippen LogP) is 5.74. The molecule has 0 radical (unpaired) electrons. The normalized spacial score (nSPS) is 44.3. The zero-order valence-electron chi connectivity index (χ0n) is 25.6. The number of carbonyl (C=O) groups is 3. The Morgan fingerprint density at radius 1 is 1.20 bits per heavy atom. The Morgan fingerprint density at radius 3 is 2.55 bits per heavy atom. The first-order valence-corrected chi connectivity index (χ1v) is 16.7. The summed E-state index contributed by atoms with van der Waals surface area (Å²) in [5.41, 5.74) is 4.76. The molecular weight excluding hydrogens is 522 g/mol. The average molecular weight is 576 g/mol. The summed E-state index contributed by atoms with van der Waals surface area (Å²) in [6, 6.07) is -0.432. The van der Waals surface area contributed by atoms with E-state index in [1.165, 1.54) is 0 Å². The zero-order chi connectivity index (χ0) is 29.6. The molecule has 7 unspecified atom stereocenters. The standard InChI is InChI=1S/C33H53NO5S/c1-8-31(6)17-25(32(7)20(4)12-14-33(21(5)30(31)38)15-13-24(35)29(32)33)39-26(36)18-40-23-11-9-10-22(16-23)28(37)27(34)19(2)3/h8,19-23,25,27,29-30,38H,1,9-18,34H2,2-7H3/t20?,21-,22?,23?,25+,27?,29?,30?,31+,32-,33?/m0/s1. The number of aliphatic hydroxyl groups excluding tert-OH is 1. The van der Waals surface area contributed by atoms with Crippen molar-refractivity contribution in [3.05, 3.63) is 12.7 Å². The van der Waals surface area contributed by atoms with Crippen LogP contribution in [0.25, 0.3) is 0 Å². The predicted molar refractivity (Wildman–Crippen MR) is 161 cm³/mol. The maximum atomic E-state index is 13.6. The number of hydrogen-bond acceptors (Lipinski definition) is 7. The molecule has 226 valence electrons. The number of nitrogens with two attached hydrogens (primary N) is 1. The molecule has 2 bridgehead atoms. The largest absolute Gasteiger partial charge is 0.461 e. The summed E-state index contributed by atoms with van der Waals surface area (Å²) in [6.45, 7) is 16.6. The highest BCUT2D eigenvalue weighted by Gasteiger charge is 2.68. The average Bonchev–Trinajstić information content (AvgIpc) is 3.29. The highest BCUT2D eigenvalue weighted by molar-refractivity contribution is 8.00. The van der Waals surface area contributed by atoms with E-state index in [9.17, 15) is 19.5 Å². The van der Waals surface area contributed by atoms with Crippen molar-refractivity contribution in [1.82, 2.24) is 0 Å². The van der Waals surface area contributed by atoms with Crippen LogP contribution in [-0.4, -0.2) is 51.9 Å². The van der Waals surface area contributed by atoms with Crippen LogP contribution in [0.5, 0.6) is 0 Å². The van der Waals surface area contributed by atoms with Crippen molar-refractivity contribution in [2.24, 2.45) is 51.6 Å². The fourth-order valence-electron chi connectivity index (χ4n) is 9.04. The maximum absolute atomic E-state index is 13.6. The molecule has 7 heteroatoms. The van der Waals surface area contributed by atoms with Crippen molar-refractivity contribution < 1.29 is 24.2 Å². The number of hydrogen-bond donors (Lipinski definition) is 2. The molecule has 4 rings (SSSR count). The van der Waals surface area contributed by atoms with Gasteiger partial charge in [-0.3, -0.25) is 14.4 Å². The minimum absolute atomic E-state index is 0.0365. The third kappa shape index (κ3) is 5.37. The minimum atomic E-state index is -0.666. The van der Waals surface area contributed by atoms with E-state index in [4.69, 9.17) is 10.5 Å². The van der Waals surface area contributed by atoms with E-state index >= 15 is 0 Å². The lowest BCUT2D eigenvalue weighted by Gasteiger charge is -2.61. The molecule has 0 heterocycles. The summed E-state index contributed by atoms with van der Waals surface area (Å²) in [4.78, 5) is 39.9. The van der Waals surface area contributed by atoms with E-state index in [2.05, 4.69) is 27.4 Å². The van der Waals surface area contributed by atoms with Crippen LogP contribution in [-0.2, 0) is 19.1 Å². The molecule has 3 N–H and O–H groups in total. The minimum Gasteiger partial charge on any atom is -0.461 e. The van der Waals surface area contributed by atoms with Gasteiger partial charge in [0.2, 0.25) is 0 Å². The van der Waals surface area contributed by atoms with Crippen molar-refractivity contribution in [2.75, 3.05) is 5.75 Å². The second kappa shape index (κ2) is 11.8. The lowest BCUT2D eigenvalue weighted by molar-refractivity contribution is -0.205. The molecule has 0 spiro atoms. The van der Waals surface area contributed by atoms with Gasteiger partial charge in [-0.1, -0.05) is 54.0 Å². The van der Waals surface area contributed by atoms with Crippen molar-refractivity contribution >= 4 is 29.3 Å². The van der Waals surface area contributed by atoms with Crippen LogP contribution in [0.4, 0.5) is 0 Å². The van der Waals surface area contributed by atoms with Gasteiger partial charge in [-0.05, 0) is 68.1 Å². The Labute approximate surface area is 246 Å². The van der Waals surface area contributed by atoms with Gasteiger partial charge in [0.25, 0.3) is 0 Å². The summed E-state index contributed by atoms with van der Waals surface area (Å²) >= 11 is 1.59. The van der Waals surface area contributed by atoms with E-state index in [0.717, 1.165) is 44.9 Å². The van der Waals surface area contributed by atoms with Gasteiger partial charge in [-0.2, -0.15) is 0 Å². The highest BCUT2D eigenvalue weighted by Crippen LogP contribution is 2.68. The Hall–Kier alpha value is -1.18. The molecule has 6 nitrogen and oxygen atoms in total. The SMILES string of the molecule is C=C[C@]1(C)C[C@@H](OC(=O)CSC2CCCC(C(=O)C(N)C(C)C)C2)[C@]2(C)C(C)CCC3(CCC(=O)C32)[C@@H](C)C1O. The molecule has 11 atom stereocenters. The van der Waals surface area contributed by atoms with Gasteiger partial charge in [0.1, 0.15) is 11.9 Å². The first-order chi connectivity index (χ1) is 18.7. The van der Waals surface area contributed by atoms with Crippen LogP contribution in [0.1, 0.15) is 99.3 Å². The van der Waals surface area contributed by atoms with Gasteiger partial charge in [0.15, 0.2) is 5.78 Å². The molecule has 0 aliphatic heterocycles. The van der Waals surface area contributed by atoms with Gasteiger partial charge >= 0.3 is 5.97 Å². The smallest absolute Gasteiger partial charge is 0.316 e. The summed E-state index contributed by atoms with van der Waals surface area (Å²) < 4.78 is 6.40. The first-order valence-electron chi connectivity index (χ1n) is 15.7. The maximum Gasteiger partial charge on any atom is 0.316 e. The fourth-order valence-corrected chi connectivity index (χ4v) is 10.2. The van der Waals surface area contributed by atoms with Crippen molar-refractivity contribution in [1.29, 1.82) is 0 Å². The van der Waals surface area contributed by atoms with E-state index in [1.807, 2.05) is 26.8 Å². The number of ketones is 2. The van der Waals surface area contributed by atoms with E-state index in [0.29, 0.717) is 12.8 Å². The molecule has 4 aliphatic rings. The van der Waals surface area contributed by atoms with Gasteiger partial charge in [0.05, 0.1) is 17.9 Å².